The number of likely N-dealkylation sites (N-methyl/N-ethyl adjacent to an activating group) is 2. The van der Waals surface area contributed by atoms with Gasteiger partial charge in [0.25, 0.3) is 0 Å². The van der Waals surface area contributed by atoms with Crippen LogP contribution in [0.25, 0.3) is 0 Å². The van der Waals surface area contributed by atoms with E-state index < -0.39 is 10.0 Å². The molecule has 0 aliphatic carbocycles. The molecule has 1 N–H and O–H groups in total. The Labute approximate surface area is 115 Å². The molecule has 0 fully saturated rings. The first-order chi connectivity index (χ1) is 8.87. The Kier molecular flexibility index (Phi) is 5.93. The van der Waals surface area contributed by atoms with Crippen LogP contribution in [0, 0.1) is 0 Å². The van der Waals surface area contributed by atoms with Crippen LogP contribution >= 0.6 is 0 Å². The van der Waals surface area contributed by atoms with Crippen LogP contribution in [0.4, 0.5) is 0 Å². The number of benzene rings is 1. The normalized spacial score (nSPS) is 12.3. The van der Waals surface area contributed by atoms with Crippen LogP contribution in [-0.2, 0) is 16.4 Å². The molecule has 0 saturated heterocycles. The van der Waals surface area contributed by atoms with Gasteiger partial charge in [-0.05, 0) is 38.2 Å². The fourth-order valence-corrected chi connectivity index (χ4v) is 2.76. The van der Waals surface area contributed by atoms with Gasteiger partial charge in [0.15, 0.2) is 0 Å². The molecule has 0 aliphatic heterocycles. The van der Waals surface area contributed by atoms with Crippen molar-refractivity contribution >= 4 is 10.0 Å². The number of aliphatic hydroxyl groups is 1. The molecule has 1 aromatic rings. The molecule has 0 bridgehead atoms. The summed E-state index contributed by atoms with van der Waals surface area (Å²) in [6.45, 7) is 1.20. The summed E-state index contributed by atoms with van der Waals surface area (Å²) in [5.41, 5.74) is 0.928. The van der Waals surface area contributed by atoms with Crippen LogP contribution < -0.4 is 0 Å². The van der Waals surface area contributed by atoms with Gasteiger partial charge >= 0.3 is 0 Å². The van der Waals surface area contributed by atoms with Gasteiger partial charge in [-0.2, -0.15) is 4.31 Å². The van der Waals surface area contributed by atoms with Crippen molar-refractivity contribution in [2.45, 2.75) is 11.3 Å². The number of rotatable bonds is 7. The van der Waals surface area contributed by atoms with E-state index in [2.05, 4.69) is 0 Å². The van der Waals surface area contributed by atoms with Crippen LogP contribution in [0.15, 0.2) is 29.2 Å². The number of sulfonamides is 1. The van der Waals surface area contributed by atoms with Gasteiger partial charge in [0, 0.05) is 26.7 Å². The van der Waals surface area contributed by atoms with Crippen LogP contribution in [0.3, 0.4) is 0 Å². The Morgan fingerprint density at radius 2 is 1.63 bits per heavy atom. The van der Waals surface area contributed by atoms with Gasteiger partial charge in [-0.1, -0.05) is 12.1 Å². The molecule has 6 heteroatoms. The summed E-state index contributed by atoms with van der Waals surface area (Å²) >= 11 is 0. The number of hydrogen-bond acceptors (Lipinski definition) is 4. The molecule has 19 heavy (non-hydrogen) atoms. The Morgan fingerprint density at radius 1 is 1.05 bits per heavy atom. The van der Waals surface area contributed by atoms with Crippen LogP contribution in [-0.4, -0.2) is 63.6 Å². The Balaban J connectivity index is 2.81. The van der Waals surface area contributed by atoms with E-state index in [1.807, 2.05) is 19.0 Å². The van der Waals surface area contributed by atoms with Crippen molar-refractivity contribution in [3.63, 3.8) is 0 Å². The molecule has 0 spiro atoms. The lowest BCUT2D eigenvalue weighted by Gasteiger charge is -2.19. The third-order valence-corrected chi connectivity index (χ3v) is 4.77. The molecule has 0 atom stereocenters. The van der Waals surface area contributed by atoms with Crippen molar-refractivity contribution in [1.29, 1.82) is 0 Å². The fraction of sp³-hybridized carbons (Fsp3) is 0.538. The average molecular weight is 286 g/mol. The Bertz CT molecular complexity index is 483. The number of aliphatic hydroxyl groups excluding tert-OH is 1. The van der Waals surface area contributed by atoms with Crippen molar-refractivity contribution in [3.8, 4) is 0 Å². The maximum Gasteiger partial charge on any atom is 0.242 e. The van der Waals surface area contributed by atoms with E-state index in [-0.39, 0.29) is 11.5 Å². The monoisotopic (exact) mass is 286 g/mol. The van der Waals surface area contributed by atoms with Crippen LogP contribution in [0.2, 0.25) is 0 Å². The van der Waals surface area contributed by atoms with E-state index in [0.29, 0.717) is 19.5 Å². The van der Waals surface area contributed by atoms with Gasteiger partial charge in [-0.15, -0.1) is 0 Å². The highest BCUT2D eigenvalue weighted by atomic mass is 32.2. The van der Waals surface area contributed by atoms with Gasteiger partial charge in [0.2, 0.25) is 10.0 Å². The van der Waals surface area contributed by atoms with Gasteiger partial charge in [-0.3, -0.25) is 0 Å². The summed E-state index contributed by atoms with van der Waals surface area (Å²) in [7, 11) is 1.98. The third kappa shape index (κ3) is 4.58. The minimum absolute atomic E-state index is 0.0643. The molecule has 0 aromatic heterocycles. The van der Waals surface area contributed by atoms with Gasteiger partial charge in [0.05, 0.1) is 4.90 Å². The van der Waals surface area contributed by atoms with E-state index in [0.717, 1.165) is 5.56 Å². The first-order valence-electron chi connectivity index (χ1n) is 6.19. The summed E-state index contributed by atoms with van der Waals surface area (Å²) in [6, 6.07) is 6.66. The second-order valence-corrected chi connectivity index (χ2v) is 6.79. The summed E-state index contributed by atoms with van der Waals surface area (Å²) in [6.07, 6.45) is 0.538. The number of hydrogen-bond donors (Lipinski definition) is 1. The van der Waals surface area contributed by atoms with Gasteiger partial charge in [0.1, 0.15) is 0 Å². The van der Waals surface area contributed by atoms with E-state index in [1.165, 1.54) is 4.31 Å². The van der Waals surface area contributed by atoms with E-state index >= 15 is 0 Å². The molecular formula is C13H22N2O3S. The summed E-state index contributed by atoms with van der Waals surface area (Å²) < 4.78 is 25.9. The van der Waals surface area contributed by atoms with Crippen LogP contribution in [0.1, 0.15) is 5.56 Å². The first-order valence-corrected chi connectivity index (χ1v) is 7.63. The lowest BCUT2D eigenvalue weighted by molar-refractivity contribution is 0.299. The van der Waals surface area contributed by atoms with Crippen molar-refractivity contribution < 1.29 is 13.5 Å². The van der Waals surface area contributed by atoms with Crippen molar-refractivity contribution in [2.24, 2.45) is 0 Å². The minimum atomic E-state index is -3.42. The second-order valence-electron chi connectivity index (χ2n) is 4.75. The Morgan fingerprint density at radius 3 is 2.11 bits per heavy atom. The highest BCUT2D eigenvalue weighted by molar-refractivity contribution is 7.89. The summed E-state index contributed by atoms with van der Waals surface area (Å²) in [5, 5.41) is 8.83. The first kappa shape index (κ1) is 16.1. The number of nitrogens with zero attached hydrogens (tertiary/aromatic N) is 2. The molecule has 5 nitrogen and oxygen atoms in total. The zero-order valence-corrected chi connectivity index (χ0v) is 12.5. The average Bonchev–Trinajstić information content (AvgIpc) is 2.36. The highest BCUT2D eigenvalue weighted by Gasteiger charge is 2.20. The zero-order valence-electron chi connectivity index (χ0n) is 11.7. The lowest BCUT2D eigenvalue weighted by Crippen LogP contribution is -2.33. The van der Waals surface area contributed by atoms with E-state index in [1.54, 1.807) is 31.3 Å². The van der Waals surface area contributed by atoms with Crippen molar-refractivity contribution in [2.75, 3.05) is 40.8 Å². The maximum atomic E-state index is 12.3. The molecule has 1 aromatic carbocycles. The summed E-state index contributed by atoms with van der Waals surface area (Å²) in [4.78, 5) is 2.23. The van der Waals surface area contributed by atoms with Crippen molar-refractivity contribution in [1.82, 2.24) is 9.21 Å². The molecule has 0 aliphatic rings. The van der Waals surface area contributed by atoms with E-state index in [9.17, 15) is 8.42 Å². The van der Waals surface area contributed by atoms with Crippen LogP contribution in [0.5, 0.6) is 0 Å². The predicted molar refractivity (Wildman–Crippen MR) is 75.6 cm³/mol. The van der Waals surface area contributed by atoms with E-state index in [4.69, 9.17) is 5.11 Å². The topological polar surface area (TPSA) is 60.9 Å². The van der Waals surface area contributed by atoms with Crippen molar-refractivity contribution in [3.05, 3.63) is 29.8 Å². The van der Waals surface area contributed by atoms with Gasteiger partial charge in [-0.25, -0.2) is 8.42 Å². The maximum absolute atomic E-state index is 12.3. The standard InChI is InChI=1S/C13H22N2O3S/c1-14(2)9-10-15(3)19(17,18)13-6-4-12(5-7-13)8-11-16/h4-7,16H,8-11H2,1-3H3. The smallest absolute Gasteiger partial charge is 0.242 e. The van der Waals surface area contributed by atoms with Gasteiger partial charge < -0.3 is 10.0 Å². The quantitative estimate of drug-likeness (QED) is 0.788. The Hall–Kier alpha value is -0.950. The SMILES string of the molecule is CN(C)CCN(C)S(=O)(=O)c1ccc(CCO)cc1. The fourth-order valence-electron chi connectivity index (χ4n) is 1.60. The highest BCUT2D eigenvalue weighted by Crippen LogP contribution is 2.15. The minimum Gasteiger partial charge on any atom is -0.396 e. The second kappa shape index (κ2) is 7.00. The zero-order chi connectivity index (χ0) is 14.5. The summed E-state index contributed by atoms with van der Waals surface area (Å²) in [5.74, 6) is 0. The molecular weight excluding hydrogens is 264 g/mol. The molecule has 0 heterocycles. The predicted octanol–water partition coefficient (Wildman–Crippen LogP) is 0.403. The molecule has 0 unspecified atom stereocenters. The largest absolute Gasteiger partial charge is 0.396 e. The molecule has 0 saturated carbocycles. The molecule has 108 valence electrons. The molecule has 0 amide bonds. The molecule has 1 rings (SSSR count). The molecule has 0 radical (unpaired) electrons. The lowest BCUT2D eigenvalue weighted by atomic mass is 10.2. The third-order valence-electron chi connectivity index (χ3n) is 2.89.